The summed E-state index contributed by atoms with van der Waals surface area (Å²) in [5, 5.41) is 9.82. The number of carbonyl (C=O) groups is 3. The number of Topliss-reactive ketones (excluding diaryl/α,β-unsaturated/α-hetero) is 1. The fourth-order valence-corrected chi connectivity index (χ4v) is 10.9. The number of hydrogen-bond donors (Lipinski definition) is 0. The molecule has 6 aliphatic rings. The SMILES string of the molecule is C[C@@H]1C(=O)C(C#N)=C[C@]2(C)C3=CC(=O)[C@@H]4C5CC(C)(C)CC[C@]5(CN5CCCC5=O)CC[C@@]4(C)[C@]3(C)CCC12. The van der Waals surface area contributed by atoms with Gasteiger partial charge in [0.05, 0.1) is 5.57 Å². The second kappa shape index (κ2) is 8.40. The molecule has 39 heavy (non-hydrogen) atoms. The van der Waals surface area contributed by atoms with Gasteiger partial charge in [0.15, 0.2) is 11.6 Å². The monoisotopic (exact) mass is 530 g/mol. The zero-order chi connectivity index (χ0) is 28.2. The lowest BCUT2D eigenvalue weighted by atomic mass is 9.35. The van der Waals surface area contributed by atoms with Gasteiger partial charge in [-0.15, -0.1) is 0 Å². The van der Waals surface area contributed by atoms with Crippen molar-refractivity contribution in [3.8, 4) is 6.07 Å². The van der Waals surface area contributed by atoms with E-state index in [1.807, 2.05) is 19.1 Å². The highest BCUT2D eigenvalue weighted by atomic mass is 16.2. The molecule has 0 radical (unpaired) electrons. The van der Waals surface area contributed by atoms with Crippen LogP contribution in [0.25, 0.3) is 0 Å². The first kappa shape index (κ1) is 27.0. The van der Waals surface area contributed by atoms with Crippen LogP contribution in [0.3, 0.4) is 0 Å². The molecule has 0 aromatic carbocycles. The predicted octanol–water partition coefficient (Wildman–Crippen LogP) is 6.44. The molecule has 8 atom stereocenters. The Balaban J connectivity index is 1.47. The number of allylic oxidation sites excluding steroid dienone is 4. The van der Waals surface area contributed by atoms with E-state index in [1.54, 1.807) is 0 Å². The molecule has 2 unspecified atom stereocenters. The van der Waals surface area contributed by atoms with E-state index in [2.05, 4.69) is 45.6 Å². The molecule has 1 saturated heterocycles. The van der Waals surface area contributed by atoms with Crippen LogP contribution in [0, 0.1) is 62.1 Å². The molecule has 0 aromatic rings. The Morgan fingerprint density at radius 1 is 1.00 bits per heavy atom. The Hall–Kier alpha value is -2.22. The molecule has 5 aliphatic carbocycles. The Labute approximate surface area is 234 Å². The molecular weight excluding hydrogens is 484 g/mol. The van der Waals surface area contributed by atoms with Crippen molar-refractivity contribution < 1.29 is 14.4 Å². The lowest BCUT2D eigenvalue weighted by Gasteiger charge is -2.69. The summed E-state index contributed by atoms with van der Waals surface area (Å²) < 4.78 is 0. The number of amides is 1. The largest absolute Gasteiger partial charge is 0.342 e. The summed E-state index contributed by atoms with van der Waals surface area (Å²) in [6, 6.07) is 2.18. The smallest absolute Gasteiger partial charge is 0.222 e. The third-order valence-electron chi connectivity index (χ3n) is 13.4. The summed E-state index contributed by atoms with van der Waals surface area (Å²) >= 11 is 0. The van der Waals surface area contributed by atoms with Gasteiger partial charge < -0.3 is 4.90 Å². The number of carbonyl (C=O) groups excluding carboxylic acids is 3. The second-order valence-electron chi connectivity index (χ2n) is 15.7. The quantitative estimate of drug-likeness (QED) is 0.412. The zero-order valence-electron chi connectivity index (χ0n) is 24.9. The zero-order valence-corrected chi connectivity index (χ0v) is 24.9. The number of nitriles is 1. The van der Waals surface area contributed by atoms with Gasteiger partial charge in [-0.3, -0.25) is 14.4 Å². The number of rotatable bonds is 2. The van der Waals surface area contributed by atoms with Crippen LogP contribution in [-0.2, 0) is 14.4 Å². The van der Waals surface area contributed by atoms with Crippen LogP contribution in [0.15, 0.2) is 23.3 Å². The van der Waals surface area contributed by atoms with E-state index in [0.717, 1.165) is 64.5 Å². The lowest BCUT2D eigenvalue weighted by molar-refractivity contribution is -0.173. The molecule has 3 saturated carbocycles. The van der Waals surface area contributed by atoms with Crippen molar-refractivity contribution in [1.29, 1.82) is 5.26 Å². The summed E-state index contributed by atoms with van der Waals surface area (Å²) in [5.41, 5.74) is 0.794. The molecule has 1 aliphatic heterocycles. The Kier molecular flexibility index (Phi) is 5.81. The van der Waals surface area contributed by atoms with Crippen molar-refractivity contribution >= 4 is 17.5 Å². The maximum absolute atomic E-state index is 14.5. The van der Waals surface area contributed by atoms with E-state index in [1.165, 1.54) is 5.57 Å². The number of fused-ring (bicyclic) bond motifs is 7. The molecule has 6 rings (SSSR count). The molecule has 5 nitrogen and oxygen atoms in total. The fourth-order valence-electron chi connectivity index (χ4n) is 10.9. The van der Waals surface area contributed by atoms with Gasteiger partial charge in [0.25, 0.3) is 0 Å². The number of ketones is 2. The Bertz CT molecular complexity index is 1250. The van der Waals surface area contributed by atoms with Crippen molar-refractivity contribution in [2.75, 3.05) is 13.1 Å². The van der Waals surface area contributed by atoms with Gasteiger partial charge >= 0.3 is 0 Å². The summed E-state index contributed by atoms with van der Waals surface area (Å²) in [7, 11) is 0. The van der Waals surface area contributed by atoms with E-state index >= 15 is 0 Å². The molecular formula is C34H46N2O3. The highest BCUT2D eigenvalue weighted by molar-refractivity contribution is 6.02. The van der Waals surface area contributed by atoms with Gasteiger partial charge in [0, 0.05) is 36.8 Å². The van der Waals surface area contributed by atoms with E-state index in [9.17, 15) is 19.6 Å². The Morgan fingerprint density at radius 2 is 1.72 bits per heavy atom. The third kappa shape index (κ3) is 3.51. The van der Waals surface area contributed by atoms with Crippen molar-refractivity contribution in [2.45, 2.75) is 99.3 Å². The van der Waals surface area contributed by atoms with Crippen molar-refractivity contribution in [1.82, 2.24) is 4.90 Å². The molecule has 0 N–H and O–H groups in total. The summed E-state index contributed by atoms with van der Waals surface area (Å²) in [6.07, 6.45) is 12.8. The third-order valence-corrected chi connectivity index (χ3v) is 13.4. The number of hydrogen-bond acceptors (Lipinski definition) is 4. The van der Waals surface area contributed by atoms with Crippen LogP contribution in [-0.4, -0.2) is 35.5 Å². The fraction of sp³-hybridized carbons (Fsp3) is 0.765. The minimum absolute atomic E-state index is 0.0117. The van der Waals surface area contributed by atoms with Crippen LogP contribution in [0.4, 0.5) is 0 Å². The normalized spacial score (nSPS) is 46.8. The van der Waals surface area contributed by atoms with Crippen LogP contribution in [0.5, 0.6) is 0 Å². The van der Waals surface area contributed by atoms with Gasteiger partial charge in [-0.25, -0.2) is 0 Å². The maximum Gasteiger partial charge on any atom is 0.222 e. The molecule has 5 heteroatoms. The second-order valence-corrected chi connectivity index (χ2v) is 15.7. The van der Waals surface area contributed by atoms with Gasteiger partial charge in [-0.1, -0.05) is 53.2 Å². The first-order valence-corrected chi connectivity index (χ1v) is 15.4. The molecule has 0 aromatic heterocycles. The minimum Gasteiger partial charge on any atom is -0.342 e. The highest BCUT2D eigenvalue weighted by Crippen LogP contribution is 2.73. The minimum atomic E-state index is -0.461. The Morgan fingerprint density at radius 3 is 2.38 bits per heavy atom. The average molecular weight is 531 g/mol. The number of nitrogens with zero attached hydrogens (tertiary/aromatic N) is 2. The number of likely N-dealkylation sites (tertiary alicyclic amines) is 1. The maximum atomic E-state index is 14.5. The first-order valence-electron chi connectivity index (χ1n) is 15.4. The van der Waals surface area contributed by atoms with Crippen LogP contribution in [0.1, 0.15) is 99.3 Å². The molecule has 1 amide bonds. The lowest BCUT2D eigenvalue weighted by Crippen LogP contribution is -2.65. The molecule has 4 fully saturated rings. The van der Waals surface area contributed by atoms with E-state index in [4.69, 9.17) is 0 Å². The summed E-state index contributed by atoms with van der Waals surface area (Å²) in [6.45, 7) is 15.4. The van der Waals surface area contributed by atoms with Crippen molar-refractivity contribution in [3.63, 3.8) is 0 Å². The van der Waals surface area contributed by atoms with Crippen LogP contribution >= 0.6 is 0 Å². The van der Waals surface area contributed by atoms with Crippen LogP contribution in [0.2, 0.25) is 0 Å². The average Bonchev–Trinajstić information content (AvgIpc) is 3.27. The first-order chi connectivity index (χ1) is 18.2. The van der Waals surface area contributed by atoms with E-state index in [0.29, 0.717) is 6.42 Å². The van der Waals surface area contributed by atoms with Gasteiger partial charge in [0.1, 0.15) is 6.07 Å². The van der Waals surface area contributed by atoms with Crippen molar-refractivity contribution in [2.24, 2.45) is 50.7 Å². The van der Waals surface area contributed by atoms with Gasteiger partial charge in [0.2, 0.25) is 5.91 Å². The van der Waals surface area contributed by atoms with E-state index < -0.39 is 5.41 Å². The van der Waals surface area contributed by atoms with Gasteiger partial charge in [-0.2, -0.15) is 5.26 Å². The topological polar surface area (TPSA) is 78.2 Å². The van der Waals surface area contributed by atoms with E-state index in [-0.39, 0.29) is 68.4 Å². The van der Waals surface area contributed by atoms with Gasteiger partial charge in [-0.05, 0) is 90.9 Å². The van der Waals surface area contributed by atoms with Crippen LogP contribution < -0.4 is 0 Å². The summed E-state index contributed by atoms with van der Waals surface area (Å²) in [4.78, 5) is 42.4. The summed E-state index contributed by atoms with van der Waals surface area (Å²) in [5.74, 6) is 0.612. The predicted molar refractivity (Wildman–Crippen MR) is 150 cm³/mol. The van der Waals surface area contributed by atoms with Crippen molar-refractivity contribution in [3.05, 3.63) is 23.3 Å². The molecule has 1 heterocycles. The molecule has 0 spiro atoms. The highest BCUT2D eigenvalue weighted by Gasteiger charge is 2.69. The molecule has 210 valence electrons. The standard InChI is InChI=1S/C34H46N2O3/c1-21-23-9-10-32(5)26(31(23,4)17-22(19-35)29(21)39)16-25(37)28-24-18-30(2,3)11-13-34(24,14-12-33(28,32)6)20-36-15-7-8-27(36)38/h16-17,21,23-24,28H,7-15,18,20H2,1-6H3/t21-,23?,24?,28-,31-,32+,33+,34+/m0/s1. The molecule has 0 bridgehead atoms.